The van der Waals surface area contributed by atoms with E-state index in [1.165, 1.54) is 6.42 Å². The first-order valence-corrected chi connectivity index (χ1v) is 1.71. The van der Waals surface area contributed by atoms with Crippen LogP contribution in [0.3, 0.4) is 0 Å². The molecule has 0 saturated heterocycles. The van der Waals surface area contributed by atoms with Gasteiger partial charge in [0.15, 0.2) is 0 Å². The van der Waals surface area contributed by atoms with E-state index < -0.39 is 0 Å². The van der Waals surface area contributed by atoms with E-state index in [2.05, 4.69) is 13.8 Å². The molecule has 0 aromatic rings. The van der Waals surface area contributed by atoms with Gasteiger partial charge in [-0.3, -0.25) is 0 Å². The Labute approximate surface area is 48.2 Å². The summed E-state index contributed by atoms with van der Waals surface area (Å²) in [5.41, 5.74) is 0. The zero-order chi connectivity index (χ0) is 3.41. The van der Waals surface area contributed by atoms with E-state index in [1.807, 2.05) is 0 Å². The van der Waals surface area contributed by atoms with Crippen LogP contribution >= 0.6 is 0 Å². The monoisotopic (exact) mass is 122 g/mol. The third kappa shape index (κ3) is 12.1. The average Bonchev–Trinajstić information content (AvgIpc) is 1.37. The molecule has 0 radical (unpaired) electrons. The van der Waals surface area contributed by atoms with Crippen molar-refractivity contribution in [3.05, 3.63) is 6.92 Å². The van der Waals surface area contributed by atoms with Gasteiger partial charge in [-0.15, -0.1) is 0 Å². The molecule has 0 amide bonds. The third-order valence-corrected chi connectivity index (χ3v) is 0.354. The molecule has 0 saturated carbocycles. The van der Waals surface area contributed by atoms with Crippen LogP contribution in [0.4, 0.5) is 0 Å². The van der Waals surface area contributed by atoms with Gasteiger partial charge in [-0.05, 0) is 0 Å². The van der Waals surface area contributed by atoms with Crippen molar-refractivity contribution in [3.8, 4) is 0 Å². The summed E-state index contributed by atoms with van der Waals surface area (Å²) >= 11 is 0. The third-order valence-electron chi connectivity index (χ3n) is 0.354. The Morgan fingerprint density at radius 3 is 2.00 bits per heavy atom. The van der Waals surface area contributed by atoms with Gasteiger partial charge >= 0.3 is 19.5 Å². The quantitative estimate of drug-likeness (QED) is 0.368. The van der Waals surface area contributed by atoms with Gasteiger partial charge in [0.05, 0.1) is 0 Å². The Balaban J connectivity index is -0.0000000450. The zero-order valence-electron chi connectivity index (χ0n) is 4.83. The maximum Gasteiger partial charge on any atom is 2.00 e. The Morgan fingerprint density at radius 2 is 2.00 bits per heavy atom. The van der Waals surface area contributed by atoms with Crippen LogP contribution in [0.1, 0.15) is 21.2 Å². The molecule has 1 heteroatoms. The molecule has 0 heterocycles. The molecule has 0 atom stereocenters. The van der Waals surface area contributed by atoms with Crippen LogP contribution < -0.4 is 0 Å². The summed E-state index contributed by atoms with van der Waals surface area (Å²) in [5, 5.41) is 0. The second-order valence-corrected chi connectivity index (χ2v) is 0.854. The second kappa shape index (κ2) is 8.82. The topological polar surface area (TPSA) is 0 Å². The van der Waals surface area contributed by atoms with Crippen LogP contribution in [0.15, 0.2) is 0 Å². The van der Waals surface area contributed by atoms with Gasteiger partial charge in [-0.25, -0.2) is 0 Å². The van der Waals surface area contributed by atoms with E-state index in [9.17, 15) is 0 Å². The van der Waals surface area contributed by atoms with Gasteiger partial charge in [-0.1, -0.05) is 13.3 Å². The summed E-state index contributed by atoms with van der Waals surface area (Å²) in [5.74, 6) is 0. The molecule has 0 bridgehead atoms. The molecule has 0 fully saturated rings. The summed E-state index contributed by atoms with van der Waals surface area (Å²) in [6.07, 6.45) is 2.28. The van der Waals surface area contributed by atoms with Gasteiger partial charge < -0.3 is 8.35 Å². The van der Waals surface area contributed by atoms with Crippen molar-refractivity contribution in [2.24, 2.45) is 0 Å². The number of hydrogen-bond acceptors (Lipinski definition) is 0. The van der Waals surface area contributed by atoms with E-state index in [4.69, 9.17) is 0 Å². The van der Waals surface area contributed by atoms with Crippen molar-refractivity contribution >= 4 is 0 Å². The van der Waals surface area contributed by atoms with Crippen molar-refractivity contribution in [1.29, 1.82) is 0 Å². The molecule has 5 heavy (non-hydrogen) atoms. The Kier molecular flexibility index (Phi) is 16.2. The van der Waals surface area contributed by atoms with Gasteiger partial charge in [0, 0.05) is 0 Å². The molecular formula is C4H10Zn. The van der Waals surface area contributed by atoms with Gasteiger partial charge in [0.25, 0.3) is 0 Å². The number of rotatable bonds is 1. The fourth-order valence-electron chi connectivity index (χ4n) is 0. The van der Waals surface area contributed by atoms with Crippen molar-refractivity contribution < 1.29 is 20.9 Å². The van der Waals surface area contributed by atoms with Crippen LogP contribution in [0, 0.1) is 6.92 Å². The molecule has 0 aliphatic rings. The molecule has 28 valence electrons. The van der Waals surface area contributed by atoms with Gasteiger partial charge in [0.1, 0.15) is 0 Å². The molecule has 0 unspecified atom stereocenters. The first-order valence-electron chi connectivity index (χ1n) is 1.71. The molecule has 0 spiro atoms. The predicted octanol–water partition coefficient (Wildman–Crippen LogP) is 1.73. The van der Waals surface area contributed by atoms with Crippen molar-refractivity contribution in [2.45, 2.75) is 19.8 Å². The summed E-state index contributed by atoms with van der Waals surface area (Å²) < 4.78 is 0. The standard InChI is InChI=1S/C4H9.Zn.H/c1-3-4-2;;/h1,3-4H2,2H3;;/q-1;+2;-1. The van der Waals surface area contributed by atoms with Gasteiger partial charge in [0.2, 0.25) is 0 Å². The van der Waals surface area contributed by atoms with Crippen molar-refractivity contribution in [2.75, 3.05) is 0 Å². The summed E-state index contributed by atoms with van der Waals surface area (Å²) in [4.78, 5) is 0. The maximum atomic E-state index is 3.60. The SMILES string of the molecule is [CH2-]CCC.[H-].[Zn+2]. The molecule has 0 aromatic carbocycles. The molecule has 0 N–H and O–H groups in total. The minimum absolute atomic E-state index is 0. The minimum Gasteiger partial charge on any atom is -1.00 e. The van der Waals surface area contributed by atoms with E-state index in [0.29, 0.717) is 0 Å². The smallest absolute Gasteiger partial charge is 1.00 e. The Morgan fingerprint density at radius 1 is 1.80 bits per heavy atom. The fourth-order valence-corrected chi connectivity index (χ4v) is 0. The Bertz CT molecular complexity index is 9.51. The number of unbranched alkanes of at least 4 members (excludes halogenated alkanes) is 1. The number of hydrogen-bond donors (Lipinski definition) is 0. The summed E-state index contributed by atoms with van der Waals surface area (Å²) in [6, 6.07) is 0. The Hall–Kier alpha value is 0.623. The largest absolute Gasteiger partial charge is 2.00 e. The van der Waals surface area contributed by atoms with Crippen LogP contribution in [-0.2, 0) is 19.5 Å². The molecular weight excluding hydrogens is 113 g/mol. The second-order valence-electron chi connectivity index (χ2n) is 0.854. The van der Waals surface area contributed by atoms with Crippen LogP contribution in [0.25, 0.3) is 0 Å². The first-order chi connectivity index (χ1) is 1.91. The zero-order valence-corrected chi connectivity index (χ0v) is 6.80. The van der Waals surface area contributed by atoms with Crippen molar-refractivity contribution in [3.63, 3.8) is 0 Å². The molecule has 0 aliphatic heterocycles. The van der Waals surface area contributed by atoms with E-state index in [1.54, 1.807) is 0 Å². The minimum atomic E-state index is 0. The first kappa shape index (κ1) is 9.16. The molecule has 0 aliphatic carbocycles. The average molecular weight is 124 g/mol. The van der Waals surface area contributed by atoms with E-state index in [0.717, 1.165) is 6.42 Å². The van der Waals surface area contributed by atoms with Crippen molar-refractivity contribution in [1.82, 2.24) is 0 Å². The summed E-state index contributed by atoms with van der Waals surface area (Å²) in [7, 11) is 0. The van der Waals surface area contributed by atoms with Crippen LogP contribution in [0.2, 0.25) is 0 Å². The normalized spacial score (nSPS) is 6.00. The molecule has 0 aromatic heterocycles. The van der Waals surface area contributed by atoms with Gasteiger partial charge in [-0.2, -0.15) is 6.42 Å². The predicted molar refractivity (Wildman–Crippen MR) is 21.4 cm³/mol. The fraction of sp³-hybridized carbons (Fsp3) is 0.750. The van der Waals surface area contributed by atoms with Crippen LogP contribution in [-0.4, -0.2) is 0 Å². The molecule has 0 rings (SSSR count). The maximum absolute atomic E-state index is 3.60. The van der Waals surface area contributed by atoms with Crippen LogP contribution in [0.5, 0.6) is 0 Å². The summed E-state index contributed by atoms with van der Waals surface area (Å²) in [6.45, 7) is 5.72. The molecule has 0 nitrogen and oxygen atoms in total. The van der Waals surface area contributed by atoms with E-state index in [-0.39, 0.29) is 20.9 Å². The van der Waals surface area contributed by atoms with E-state index >= 15 is 0 Å².